The number of aliphatic hydroxyl groups is 1. The van der Waals surface area contributed by atoms with Gasteiger partial charge in [-0.05, 0) is 75.0 Å². The third-order valence-corrected chi connectivity index (χ3v) is 6.51. The smallest absolute Gasteiger partial charge is 0.161 e. The summed E-state index contributed by atoms with van der Waals surface area (Å²) < 4.78 is 19.4. The summed E-state index contributed by atoms with van der Waals surface area (Å²) in [4.78, 5) is 2.39. The van der Waals surface area contributed by atoms with Crippen LogP contribution in [0, 0.1) is 13.8 Å². The number of methoxy groups -OCH3 is 1. The number of ether oxygens (including phenoxy) is 3. The van der Waals surface area contributed by atoms with Crippen LogP contribution in [0.1, 0.15) is 36.0 Å². The Morgan fingerprint density at radius 3 is 2.54 bits per heavy atom. The fourth-order valence-electron chi connectivity index (χ4n) is 4.42. The predicted molar refractivity (Wildman–Crippen MR) is 136 cm³/mol. The van der Waals surface area contributed by atoms with Crippen LogP contribution in [-0.2, 0) is 13.1 Å². The van der Waals surface area contributed by atoms with Crippen LogP contribution in [0.2, 0.25) is 0 Å². The van der Waals surface area contributed by atoms with Crippen LogP contribution in [0.5, 0.6) is 17.2 Å². The van der Waals surface area contributed by atoms with E-state index in [9.17, 15) is 5.11 Å². The van der Waals surface area contributed by atoms with Crippen LogP contribution in [0.15, 0.2) is 54.9 Å². The van der Waals surface area contributed by atoms with Crippen molar-refractivity contribution in [1.29, 1.82) is 0 Å². The highest BCUT2D eigenvalue weighted by Gasteiger charge is 2.31. The molecule has 4 rings (SSSR count). The first-order valence-electron chi connectivity index (χ1n) is 12.4. The van der Waals surface area contributed by atoms with Gasteiger partial charge in [0.2, 0.25) is 0 Å². The molecule has 188 valence electrons. The zero-order chi connectivity index (χ0) is 24.7. The molecule has 1 N–H and O–H groups in total. The largest absolute Gasteiger partial charge is 0.493 e. The van der Waals surface area contributed by atoms with E-state index >= 15 is 0 Å². The van der Waals surface area contributed by atoms with Crippen molar-refractivity contribution < 1.29 is 19.3 Å². The average Bonchev–Trinajstić information content (AvgIpc) is 3.18. The Hall–Kier alpha value is -3.03. The van der Waals surface area contributed by atoms with Gasteiger partial charge in [-0.3, -0.25) is 9.58 Å². The quantitative estimate of drug-likeness (QED) is 0.465. The molecule has 1 atom stereocenters. The van der Waals surface area contributed by atoms with Gasteiger partial charge in [-0.15, -0.1) is 0 Å². The van der Waals surface area contributed by atoms with Gasteiger partial charge >= 0.3 is 0 Å². The molecule has 1 aliphatic rings. The number of nitrogens with zero attached hydrogens (tertiary/aromatic N) is 3. The van der Waals surface area contributed by atoms with E-state index in [1.54, 1.807) is 7.11 Å². The number of aryl methyl sites for hydroxylation is 2. The molecular weight excluding hydrogens is 442 g/mol. The number of likely N-dealkylation sites (tertiary alicyclic amines) is 1. The molecule has 35 heavy (non-hydrogen) atoms. The van der Waals surface area contributed by atoms with E-state index in [1.165, 1.54) is 5.56 Å². The maximum atomic E-state index is 11.2. The van der Waals surface area contributed by atoms with Crippen molar-refractivity contribution in [3.05, 3.63) is 71.5 Å². The lowest BCUT2D eigenvalue weighted by Gasteiger charge is -2.27. The first-order valence-corrected chi connectivity index (χ1v) is 12.4. The summed E-state index contributed by atoms with van der Waals surface area (Å²) in [5.74, 6) is 2.27. The third-order valence-electron chi connectivity index (χ3n) is 6.51. The molecule has 3 aromatic rings. The average molecular weight is 480 g/mol. The zero-order valence-corrected chi connectivity index (χ0v) is 21.1. The zero-order valence-electron chi connectivity index (χ0n) is 21.1. The fourth-order valence-corrected chi connectivity index (χ4v) is 4.42. The van der Waals surface area contributed by atoms with E-state index in [1.807, 2.05) is 54.3 Å². The van der Waals surface area contributed by atoms with Crippen molar-refractivity contribution >= 4 is 0 Å². The Morgan fingerprint density at radius 1 is 0.971 bits per heavy atom. The van der Waals surface area contributed by atoms with Crippen molar-refractivity contribution in [1.82, 2.24) is 14.7 Å². The van der Waals surface area contributed by atoms with E-state index in [0.29, 0.717) is 26.2 Å². The number of benzene rings is 2. The SMILES string of the molecule is COc1ccc(CN2CCCC(O)(COc3ccc(C)cc3)CC2)cc1OCCn1cc(C)cn1. The summed E-state index contributed by atoms with van der Waals surface area (Å²) in [6.07, 6.45) is 6.19. The van der Waals surface area contributed by atoms with Crippen LogP contribution < -0.4 is 14.2 Å². The first-order chi connectivity index (χ1) is 16.9. The van der Waals surface area contributed by atoms with Crippen molar-refractivity contribution in [2.75, 3.05) is 33.4 Å². The molecular formula is C28H37N3O4. The molecule has 1 fully saturated rings. The van der Waals surface area contributed by atoms with Crippen LogP contribution in [0.25, 0.3) is 0 Å². The number of hydrogen-bond donors (Lipinski definition) is 1. The van der Waals surface area contributed by atoms with Crippen LogP contribution in [0.3, 0.4) is 0 Å². The number of aromatic nitrogens is 2. The molecule has 1 unspecified atom stereocenters. The molecule has 7 heteroatoms. The van der Waals surface area contributed by atoms with Gasteiger partial charge in [0.1, 0.15) is 19.0 Å². The summed E-state index contributed by atoms with van der Waals surface area (Å²) in [5, 5.41) is 15.5. The fraction of sp³-hybridized carbons (Fsp3) is 0.464. The lowest BCUT2D eigenvalue weighted by atomic mass is 9.96. The molecule has 7 nitrogen and oxygen atoms in total. The minimum absolute atomic E-state index is 0.320. The highest BCUT2D eigenvalue weighted by molar-refractivity contribution is 5.43. The Balaban J connectivity index is 1.31. The molecule has 1 aromatic heterocycles. The molecule has 0 radical (unpaired) electrons. The predicted octanol–water partition coefficient (Wildman–Crippen LogP) is 4.38. The summed E-state index contributed by atoms with van der Waals surface area (Å²) >= 11 is 0. The molecule has 1 saturated heterocycles. The number of rotatable bonds is 10. The van der Waals surface area contributed by atoms with Gasteiger partial charge in [0.05, 0.1) is 25.5 Å². The Bertz CT molecular complexity index is 1080. The van der Waals surface area contributed by atoms with Gasteiger partial charge in [0.15, 0.2) is 11.5 Å². The Labute approximate surface area is 208 Å². The highest BCUT2D eigenvalue weighted by atomic mass is 16.5. The van der Waals surface area contributed by atoms with E-state index in [-0.39, 0.29) is 0 Å². The monoisotopic (exact) mass is 479 g/mol. The van der Waals surface area contributed by atoms with Crippen LogP contribution in [0.4, 0.5) is 0 Å². The van der Waals surface area contributed by atoms with E-state index < -0.39 is 5.60 Å². The first kappa shape index (κ1) is 25.1. The van der Waals surface area contributed by atoms with E-state index in [4.69, 9.17) is 14.2 Å². The van der Waals surface area contributed by atoms with Gasteiger partial charge < -0.3 is 19.3 Å². The van der Waals surface area contributed by atoms with Crippen molar-refractivity contribution in [3.8, 4) is 17.2 Å². The maximum Gasteiger partial charge on any atom is 0.161 e. The van der Waals surface area contributed by atoms with E-state index in [0.717, 1.165) is 60.9 Å². The second-order valence-electron chi connectivity index (χ2n) is 9.57. The lowest BCUT2D eigenvalue weighted by molar-refractivity contribution is -0.0168. The third kappa shape index (κ3) is 7.23. The standard InChI is InChI=1S/C28H37N3O4/c1-22-5-8-25(9-6-22)35-21-28(32)11-4-13-30(14-12-28)20-24-7-10-26(33-3)27(17-24)34-16-15-31-19-23(2)18-29-31/h5-10,17-19,32H,4,11-16,20-21H2,1-3H3. The van der Waals surface area contributed by atoms with Crippen molar-refractivity contribution in [2.24, 2.45) is 0 Å². The Morgan fingerprint density at radius 2 is 1.80 bits per heavy atom. The minimum atomic E-state index is -0.807. The van der Waals surface area contributed by atoms with Gasteiger partial charge in [-0.2, -0.15) is 5.10 Å². The maximum absolute atomic E-state index is 11.2. The molecule has 0 saturated carbocycles. The second kappa shape index (κ2) is 11.6. The van der Waals surface area contributed by atoms with Crippen LogP contribution >= 0.6 is 0 Å². The topological polar surface area (TPSA) is 69.0 Å². The molecule has 2 heterocycles. The summed E-state index contributed by atoms with van der Waals surface area (Å²) in [5.41, 5.74) is 2.69. The molecule has 0 spiro atoms. The van der Waals surface area contributed by atoms with Gasteiger partial charge in [0.25, 0.3) is 0 Å². The van der Waals surface area contributed by atoms with Gasteiger partial charge in [-0.25, -0.2) is 0 Å². The molecule has 2 aromatic carbocycles. The Kier molecular flexibility index (Phi) is 8.31. The molecule has 0 aliphatic carbocycles. The number of hydrogen-bond acceptors (Lipinski definition) is 6. The highest BCUT2D eigenvalue weighted by Crippen LogP contribution is 2.30. The minimum Gasteiger partial charge on any atom is -0.493 e. The summed E-state index contributed by atoms with van der Waals surface area (Å²) in [6.45, 7) is 8.14. The molecule has 0 bridgehead atoms. The van der Waals surface area contributed by atoms with Crippen molar-refractivity contribution in [3.63, 3.8) is 0 Å². The van der Waals surface area contributed by atoms with Crippen molar-refractivity contribution in [2.45, 2.75) is 51.8 Å². The second-order valence-corrected chi connectivity index (χ2v) is 9.57. The summed E-state index contributed by atoms with van der Waals surface area (Å²) in [7, 11) is 1.66. The van der Waals surface area contributed by atoms with Crippen LogP contribution in [-0.4, -0.2) is 58.8 Å². The normalized spacial score (nSPS) is 18.7. The summed E-state index contributed by atoms with van der Waals surface area (Å²) in [6, 6.07) is 14.1. The van der Waals surface area contributed by atoms with Gasteiger partial charge in [0, 0.05) is 19.3 Å². The van der Waals surface area contributed by atoms with E-state index in [2.05, 4.69) is 29.1 Å². The van der Waals surface area contributed by atoms with Gasteiger partial charge in [-0.1, -0.05) is 23.8 Å². The molecule has 1 aliphatic heterocycles. The molecule has 0 amide bonds. The lowest BCUT2D eigenvalue weighted by Crippen LogP contribution is -2.37.